The van der Waals surface area contributed by atoms with Crippen LogP contribution in [0.2, 0.25) is 0 Å². The van der Waals surface area contributed by atoms with E-state index in [1.54, 1.807) is 36.4 Å². The molecule has 2 aromatic rings. The van der Waals surface area contributed by atoms with Crippen LogP contribution in [-0.2, 0) is 4.79 Å². The first-order valence-electron chi connectivity index (χ1n) is 5.94. The second-order valence-electron chi connectivity index (χ2n) is 4.08. The van der Waals surface area contributed by atoms with E-state index in [0.29, 0.717) is 5.69 Å². The first-order chi connectivity index (χ1) is 9.58. The zero-order valence-electron chi connectivity index (χ0n) is 10.8. The zero-order valence-corrected chi connectivity index (χ0v) is 10.8. The Hall–Kier alpha value is -2.82. The average Bonchev–Trinajstić information content (AvgIpc) is 2.41. The van der Waals surface area contributed by atoms with Gasteiger partial charge in [-0.3, -0.25) is 4.79 Å². The maximum atomic E-state index is 12.0. The number of anilines is 1. The molecule has 5 nitrogen and oxygen atoms in total. The second-order valence-corrected chi connectivity index (χ2v) is 4.08. The van der Waals surface area contributed by atoms with Gasteiger partial charge in [-0.2, -0.15) is 0 Å². The highest BCUT2D eigenvalue weighted by atomic mass is 16.5. The summed E-state index contributed by atoms with van der Waals surface area (Å²) in [5, 5.41) is 12.2. The SMILES string of the molecule is CC(=O)Nc1ccccc1OC(=O)c1ccccc1O. The van der Waals surface area contributed by atoms with Gasteiger partial charge in [0.15, 0.2) is 5.75 Å². The van der Waals surface area contributed by atoms with Gasteiger partial charge in [0, 0.05) is 6.92 Å². The molecule has 0 atom stereocenters. The molecule has 2 aromatic carbocycles. The lowest BCUT2D eigenvalue weighted by Gasteiger charge is -2.10. The molecule has 0 saturated carbocycles. The first-order valence-corrected chi connectivity index (χ1v) is 5.94. The average molecular weight is 271 g/mol. The number of nitrogens with one attached hydrogen (secondary N) is 1. The number of benzene rings is 2. The molecule has 0 aliphatic carbocycles. The quantitative estimate of drug-likeness (QED) is 0.664. The number of aromatic hydroxyl groups is 1. The van der Waals surface area contributed by atoms with Crippen LogP contribution in [0.1, 0.15) is 17.3 Å². The molecule has 2 N–H and O–H groups in total. The third-order valence-electron chi connectivity index (χ3n) is 2.52. The van der Waals surface area contributed by atoms with Gasteiger partial charge in [0.1, 0.15) is 11.3 Å². The maximum Gasteiger partial charge on any atom is 0.347 e. The van der Waals surface area contributed by atoms with E-state index < -0.39 is 5.97 Å². The molecule has 2 rings (SSSR count). The van der Waals surface area contributed by atoms with E-state index in [0.717, 1.165) is 0 Å². The fourth-order valence-corrected chi connectivity index (χ4v) is 1.65. The molecule has 5 heteroatoms. The van der Waals surface area contributed by atoms with Crippen molar-refractivity contribution in [3.05, 3.63) is 54.1 Å². The van der Waals surface area contributed by atoms with Crippen LogP contribution < -0.4 is 10.1 Å². The van der Waals surface area contributed by atoms with Gasteiger partial charge in [-0.25, -0.2) is 4.79 Å². The maximum absolute atomic E-state index is 12.0. The Labute approximate surface area is 115 Å². The Morgan fingerprint density at radius 1 is 1.05 bits per heavy atom. The van der Waals surface area contributed by atoms with Gasteiger partial charge in [-0.15, -0.1) is 0 Å². The number of phenolic OH excluding ortho intramolecular Hbond substituents is 1. The summed E-state index contributed by atoms with van der Waals surface area (Å²) in [5.74, 6) is -0.901. The summed E-state index contributed by atoms with van der Waals surface area (Å²) in [6.45, 7) is 1.36. The molecule has 1 amide bonds. The molecule has 0 aromatic heterocycles. The van der Waals surface area contributed by atoms with E-state index in [9.17, 15) is 14.7 Å². The minimum absolute atomic E-state index is 0.0603. The van der Waals surface area contributed by atoms with Gasteiger partial charge in [-0.1, -0.05) is 24.3 Å². The number of hydrogen-bond acceptors (Lipinski definition) is 4. The summed E-state index contributed by atoms with van der Waals surface area (Å²) in [5.41, 5.74) is 0.453. The predicted octanol–water partition coefficient (Wildman–Crippen LogP) is 2.57. The molecular formula is C15H13NO4. The fraction of sp³-hybridized carbons (Fsp3) is 0.0667. The number of carbonyl (C=O) groups excluding carboxylic acids is 2. The third-order valence-corrected chi connectivity index (χ3v) is 2.52. The van der Waals surface area contributed by atoms with Crippen LogP contribution in [0, 0.1) is 0 Å². The Morgan fingerprint density at radius 3 is 2.40 bits per heavy atom. The van der Waals surface area contributed by atoms with E-state index in [4.69, 9.17) is 4.74 Å². The van der Waals surface area contributed by atoms with Gasteiger partial charge < -0.3 is 15.2 Å². The van der Waals surface area contributed by atoms with Crippen LogP contribution in [0.25, 0.3) is 0 Å². The molecule has 102 valence electrons. The van der Waals surface area contributed by atoms with Crippen LogP contribution in [0.5, 0.6) is 11.5 Å². The Bertz CT molecular complexity index is 652. The predicted molar refractivity (Wildman–Crippen MR) is 73.8 cm³/mol. The molecule has 0 aliphatic heterocycles. The van der Waals surface area contributed by atoms with Crippen molar-refractivity contribution < 1.29 is 19.4 Å². The van der Waals surface area contributed by atoms with Gasteiger partial charge in [0.2, 0.25) is 5.91 Å². The van der Waals surface area contributed by atoms with Crippen LogP contribution >= 0.6 is 0 Å². The van der Waals surface area contributed by atoms with Crippen LogP contribution in [-0.4, -0.2) is 17.0 Å². The van der Waals surface area contributed by atoms with E-state index >= 15 is 0 Å². The molecule has 0 saturated heterocycles. The Morgan fingerprint density at radius 2 is 1.70 bits per heavy atom. The minimum atomic E-state index is -0.694. The summed E-state index contributed by atoms with van der Waals surface area (Å²) < 4.78 is 5.20. The van der Waals surface area contributed by atoms with Crippen LogP contribution in [0.3, 0.4) is 0 Å². The molecule has 0 fully saturated rings. The van der Waals surface area contributed by atoms with E-state index in [1.807, 2.05) is 0 Å². The van der Waals surface area contributed by atoms with Crippen molar-refractivity contribution in [2.24, 2.45) is 0 Å². The molecule has 20 heavy (non-hydrogen) atoms. The lowest BCUT2D eigenvalue weighted by Crippen LogP contribution is -2.12. The highest BCUT2D eigenvalue weighted by Gasteiger charge is 2.15. The number of carbonyl (C=O) groups is 2. The van der Waals surface area contributed by atoms with E-state index in [2.05, 4.69) is 5.32 Å². The van der Waals surface area contributed by atoms with Crippen LogP contribution in [0.15, 0.2) is 48.5 Å². The fourth-order valence-electron chi connectivity index (χ4n) is 1.65. The minimum Gasteiger partial charge on any atom is -0.507 e. The number of amides is 1. The molecule has 0 heterocycles. The smallest absolute Gasteiger partial charge is 0.347 e. The van der Waals surface area contributed by atoms with Crippen molar-refractivity contribution in [3.63, 3.8) is 0 Å². The summed E-state index contributed by atoms with van der Waals surface area (Å²) in [4.78, 5) is 23.1. The normalized spacial score (nSPS) is 9.85. The van der Waals surface area contributed by atoms with E-state index in [-0.39, 0.29) is 23.0 Å². The Balaban J connectivity index is 2.24. The molecule has 0 unspecified atom stereocenters. The van der Waals surface area contributed by atoms with E-state index in [1.165, 1.54) is 19.1 Å². The van der Waals surface area contributed by atoms with Crippen molar-refractivity contribution in [1.82, 2.24) is 0 Å². The number of hydrogen-bond donors (Lipinski definition) is 2. The lowest BCUT2D eigenvalue weighted by molar-refractivity contribution is -0.114. The third kappa shape index (κ3) is 3.14. The van der Waals surface area contributed by atoms with Crippen molar-refractivity contribution in [2.75, 3.05) is 5.32 Å². The summed E-state index contributed by atoms with van der Waals surface area (Å²) in [6, 6.07) is 12.7. The highest BCUT2D eigenvalue weighted by Crippen LogP contribution is 2.26. The van der Waals surface area contributed by atoms with Crippen molar-refractivity contribution >= 4 is 17.6 Å². The summed E-state index contributed by atoms with van der Waals surface area (Å²) >= 11 is 0. The number of para-hydroxylation sites is 3. The van der Waals surface area contributed by atoms with Gasteiger partial charge in [0.25, 0.3) is 0 Å². The molecule has 0 bridgehead atoms. The van der Waals surface area contributed by atoms with Crippen molar-refractivity contribution in [3.8, 4) is 11.5 Å². The van der Waals surface area contributed by atoms with Crippen molar-refractivity contribution in [1.29, 1.82) is 0 Å². The number of esters is 1. The van der Waals surface area contributed by atoms with Gasteiger partial charge in [0.05, 0.1) is 5.69 Å². The van der Waals surface area contributed by atoms with Crippen LogP contribution in [0.4, 0.5) is 5.69 Å². The largest absolute Gasteiger partial charge is 0.507 e. The van der Waals surface area contributed by atoms with Gasteiger partial charge >= 0.3 is 5.97 Å². The molecule has 0 radical (unpaired) electrons. The second kappa shape index (κ2) is 5.88. The molecular weight excluding hydrogens is 258 g/mol. The van der Waals surface area contributed by atoms with Crippen molar-refractivity contribution in [2.45, 2.75) is 6.92 Å². The lowest BCUT2D eigenvalue weighted by atomic mass is 10.2. The summed E-state index contributed by atoms with van der Waals surface area (Å²) in [6.07, 6.45) is 0. The topological polar surface area (TPSA) is 75.6 Å². The number of ether oxygens (including phenoxy) is 1. The Kier molecular flexibility index (Phi) is 4.00. The molecule has 0 spiro atoms. The van der Waals surface area contributed by atoms with Gasteiger partial charge in [-0.05, 0) is 24.3 Å². The number of phenols is 1. The molecule has 0 aliphatic rings. The highest BCUT2D eigenvalue weighted by molar-refractivity contribution is 5.96. The number of rotatable bonds is 3. The standard InChI is InChI=1S/C15H13NO4/c1-10(17)16-12-7-3-5-9-14(12)20-15(19)11-6-2-4-8-13(11)18/h2-9,18H,1H3,(H,16,17). The zero-order chi connectivity index (χ0) is 14.5. The monoisotopic (exact) mass is 271 g/mol. The summed E-state index contributed by atoms with van der Waals surface area (Å²) in [7, 11) is 0. The first kappa shape index (κ1) is 13.6.